The van der Waals surface area contributed by atoms with Gasteiger partial charge in [-0.25, -0.2) is 0 Å². The lowest BCUT2D eigenvalue weighted by molar-refractivity contribution is 0.383. The molecule has 2 nitrogen and oxygen atoms in total. The molecule has 2 N–H and O–H groups in total. The Kier molecular flexibility index (Phi) is 3.77. The van der Waals surface area contributed by atoms with Crippen molar-refractivity contribution in [1.29, 1.82) is 0 Å². The molecule has 0 radical (unpaired) electrons. The zero-order valence-electron chi connectivity index (χ0n) is 9.29. The van der Waals surface area contributed by atoms with Gasteiger partial charge in [-0.2, -0.15) is 0 Å². The summed E-state index contributed by atoms with van der Waals surface area (Å²) in [7, 11) is 0. The van der Waals surface area contributed by atoms with Crippen LogP contribution in [0.4, 0.5) is 5.69 Å². The Morgan fingerprint density at radius 2 is 2.25 bits per heavy atom. The van der Waals surface area contributed by atoms with E-state index >= 15 is 0 Å². The Balaban J connectivity index is 2.15. The van der Waals surface area contributed by atoms with Crippen molar-refractivity contribution in [2.24, 2.45) is 11.7 Å². The molecule has 1 aliphatic rings. The van der Waals surface area contributed by atoms with Crippen LogP contribution in [0.3, 0.4) is 0 Å². The third kappa shape index (κ3) is 2.53. The number of hydrogen-bond acceptors (Lipinski definition) is 2. The lowest BCUT2D eigenvalue weighted by Crippen LogP contribution is -2.45. The monoisotopic (exact) mass is 302 g/mol. The van der Waals surface area contributed by atoms with Gasteiger partial charge in [0.2, 0.25) is 0 Å². The van der Waals surface area contributed by atoms with Gasteiger partial charge in [0.15, 0.2) is 0 Å². The summed E-state index contributed by atoms with van der Waals surface area (Å²) >= 11 is 9.44. The van der Waals surface area contributed by atoms with Crippen LogP contribution in [0.25, 0.3) is 0 Å². The molecule has 2 rings (SSSR count). The van der Waals surface area contributed by atoms with Crippen LogP contribution >= 0.6 is 27.5 Å². The number of anilines is 1. The number of halogens is 2. The highest BCUT2D eigenvalue weighted by Crippen LogP contribution is 2.29. The first-order valence-corrected chi connectivity index (χ1v) is 6.70. The Morgan fingerprint density at radius 1 is 1.50 bits per heavy atom. The van der Waals surface area contributed by atoms with Crippen LogP contribution in [0.1, 0.15) is 13.3 Å². The molecule has 1 aliphatic heterocycles. The van der Waals surface area contributed by atoms with E-state index in [2.05, 4.69) is 39.9 Å². The molecule has 0 aromatic heterocycles. The van der Waals surface area contributed by atoms with Gasteiger partial charge in [-0.3, -0.25) is 0 Å². The summed E-state index contributed by atoms with van der Waals surface area (Å²) in [5, 5.41) is 0.755. The van der Waals surface area contributed by atoms with Crippen molar-refractivity contribution in [3.05, 3.63) is 27.7 Å². The Labute approximate surface area is 110 Å². The molecule has 2 unspecified atom stereocenters. The van der Waals surface area contributed by atoms with E-state index in [0.29, 0.717) is 12.0 Å². The predicted octanol–water partition coefficient (Wildman–Crippen LogP) is 3.28. The van der Waals surface area contributed by atoms with Crippen molar-refractivity contribution in [1.82, 2.24) is 0 Å². The van der Waals surface area contributed by atoms with E-state index in [1.165, 1.54) is 5.69 Å². The Bertz CT molecular complexity index is 383. The molecule has 0 spiro atoms. The minimum absolute atomic E-state index is 0.340. The molecule has 1 saturated heterocycles. The van der Waals surface area contributed by atoms with Crippen LogP contribution in [-0.4, -0.2) is 19.1 Å². The van der Waals surface area contributed by atoms with E-state index in [-0.39, 0.29) is 0 Å². The molecule has 0 aliphatic carbocycles. The molecular formula is C12H16BrClN2. The maximum absolute atomic E-state index is 6.02. The molecule has 1 aromatic rings. The summed E-state index contributed by atoms with van der Waals surface area (Å²) in [6.45, 7) is 4.26. The fraction of sp³-hybridized carbons (Fsp3) is 0.500. The van der Waals surface area contributed by atoms with Crippen molar-refractivity contribution >= 4 is 33.2 Å². The van der Waals surface area contributed by atoms with Gasteiger partial charge >= 0.3 is 0 Å². The Hall–Kier alpha value is -0.250. The number of benzene rings is 1. The van der Waals surface area contributed by atoms with E-state index in [1.54, 1.807) is 0 Å². The molecule has 16 heavy (non-hydrogen) atoms. The molecule has 1 heterocycles. The lowest BCUT2D eigenvalue weighted by Gasteiger charge is -2.36. The summed E-state index contributed by atoms with van der Waals surface area (Å²) in [6.07, 6.45) is 1.06. The molecular weight excluding hydrogens is 288 g/mol. The van der Waals surface area contributed by atoms with E-state index in [0.717, 1.165) is 29.0 Å². The molecule has 0 bridgehead atoms. The third-order valence-corrected chi connectivity index (χ3v) is 4.45. The van der Waals surface area contributed by atoms with Crippen LogP contribution in [0.2, 0.25) is 5.02 Å². The van der Waals surface area contributed by atoms with Gasteiger partial charge in [0, 0.05) is 29.3 Å². The van der Waals surface area contributed by atoms with E-state index in [1.807, 2.05) is 6.07 Å². The van der Waals surface area contributed by atoms with E-state index in [9.17, 15) is 0 Å². The number of hydrogen-bond donors (Lipinski definition) is 1. The lowest BCUT2D eigenvalue weighted by atomic mass is 9.94. The van der Waals surface area contributed by atoms with Crippen LogP contribution in [0.15, 0.2) is 22.7 Å². The van der Waals surface area contributed by atoms with Gasteiger partial charge in [0.1, 0.15) is 0 Å². The van der Waals surface area contributed by atoms with Gasteiger partial charge in [0.05, 0.1) is 5.02 Å². The second-order valence-electron chi connectivity index (χ2n) is 4.47. The average molecular weight is 304 g/mol. The molecule has 2 atom stereocenters. The number of piperidine rings is 1. The second kappa shape index (κ2) is 4.94. The summed E-state index contributed by atoms with van der Waals surface area (Å²) in [5.74, 6) is 0.545. The molecule has 88 valence electrons. The van der Waals surface area contributed by atoms with Crippen LogP contribution in [0.5, 0.6) is 0 Å². The topological polar surface area (TPSA) is 29.3 Å². The molecule has 0 saturated carbocycles. The van der Waals surface area contributed by atoms with Crippen molar-refractivity contribution < 1.29 is 0 Å². The predicted molar refractivity (Wildman–Crippen MR) is 73.1 cm³/mol. The number of rotatable bonds is 1. The summed E-state index contributed by atoms with van der Waals surface area (Å²) in [4.78, 5) is 2.37. The number of nitrogens with two attached hydrogens (primary N) is 1. The third-order valence-electron chi connectivity index (χ3n) is 3.24. The van der Waals surface area contributed by atoms with Crippen molar-refractivity contribution in [2.45, 2.75) is 19.4 Å². The van der Waals surface area contributed by atoms with Crippen molar-refractivity contribution in [3.8, 4) is 0 Å². The summed E-state index contributed by atoms with van der Waals surface area (Å²) in [6, 6.07) is 6.41. The van der Waals surface area contributed by atoms with E-state index < -0.39 is 0 Å². The second-order valence-corrected chi connectivity index (χ2v) is 5.74. The molecule has 1 fully saturated rings. The minimum Gasteiger partial charge on any atom is -0.371 e. The minimum atomic E-state index is 0.340. The fourth-order valence-corrected chi connectivity index (χ4v) is 2.56. The summed E-state index contributed by atoms with van der Waals surface area (Å²) < 4.78 is 0.953. The summed E-state index contributed by atoms with van der Waals surface area (Å²) in [5.41, 5.74) is 7.23. The average Bonchev–Trinajstić information content (AvgIpc) is 2.26. The first kappa shape index (κ1) is 12.2. The van der Waals surface area contributed by atoms with Gasteiger partial charge in [-0.05, 0) is 46.5 Å². The van der Waals surface area contributed by atoms with Crippen molar-refractivity contribution in [3.63, 3.8) is 0 Å². The first-order valence-electron chi connectivity index (χ1n) is 5.53. The largest absolute Gasteiger partial charge is 0.371 e. The van der Waals surface area contributed by atoms with Gasteiger partial charge < -0.3 is 10.6 Å². The molecule has 0 amide bonds. The van der Waals surface area contributed by atoms with Gasteiger partial charge in [-0.15, -0.1) is 0 Å². The van der Waals surface area contributed by atoms with Crippen molar-refractivity contribution in [2.75, 3.05) is 18.0 Å². The highest BCUT2D eigenvalue weighted by molar-refractivity contribution is 9.10. The van der Waals surface area contributed by atoms with Crippen LogP contribution in [-0.2, 0) is 0 Å². The van der Waals surface area contributed by atoms with E-state index in [4.69, 9.17) is 17.3 Å². The maximum Gasteiger partial charge on any atom is 0.0549 e. The standard InChI is InChI=1S/C12H16BrClN2/c1-8-7-16(5-4-12(8)15)9-2-3-11(14)10(13)6-9/h2-3,6,8,12H,4-5,7,15H2,1H3. The molecule has 1 aromatic carbocycles. The van der Waals surface area contributed by atoms with Gasteiger partial charge in [-0.1, -0.05) is 18.5 Å². The zero-order chi connectivity index (χ0) is 11.7. The quantitative estimate of drug-likeness (QED) is 0.863. The number of nitrogens with zero attached hydrogens (tertiary/aromatic N) is 1. The maximum atomic E-state index is 6.02. The zero-order valence-corrected chi connectivity index (χ0v) is 11.6. The SMILES string of the molecule is CC1CN(c2ccc(Cl)c(Br)c2)CCC1N. The fourth-order valence-electron chi connectivity index (χ4n) is 2.08. The van der Waals surface area contributed by atoms with Crippen LogP contribution < -0.4 is 10.6 Å². The normalized spacial score (nSPS) is 25.9. The van der Waals surface area contributed by atoms with Crippen LogP contribution in [0, 0.1) is 5.92 Å². The first-order chi connectivity index (χ1) is 7.58. The highest BCUT2D eigenvalue weighted by Gasteiger charge is 2.23. The smallest absolute Gasteiger partial charge is 0.0549 e. The molecule has 4 heteroatoms. The van der Waals surface area contributed by atoms with Gasteiger partial charge in [0.25, 0.3) is 0 Å². The highest BCUT2D eigenvalue weighted by atomic mass is 79.9. The Morgan fingerprint density at radius 3 is 2.88 bits per heavy atom.